The smallest absolute Gasteiger partial charge is 0.409 e. The average Bonchev–Trinajstić information content (AvgIpc) is 3.09. The van der Waals surface area contributed by atoms with Crippen LogP contribution < -0.4 is 5.56 Å². The highest BCUT2D eigenvalue weighted by molar-refractivity contribution is 7.99. The highest BCUT2D eigenvalue weighted by Gasteiger charge is 2.25. The lowest BCUT2D eigenvalue weighted by molar-refractivity contribution is -0.129. The zero-order valence-corrected chi connectivity index (χ0v) is 16.8. The first-order chi connectivity index (χ1) is 13.5. The van der Waals surface area contributed by atoms with Crippen LogP contribution in [0.3, 0.4) is 0 Å². The number of carbonyl (C=O) groups is 2. The van der Waals surface area contributed by atoms with Crippen molar-refractivity contribution in [1.29, 1.82) is 0 Å². The average molecular weight is 408 g/mol. The number of H-pyrrole nitrogens is 1. The summed E-state index contributed by atoms with van der Waals surface area (Å²) in [6, 6.07) is 1.54. The van der Waals surface area contributed by atoms with Crippen LogP contribution in [-0.2, 0) is 16.0 Å². The lowest BCUT2D eigenvalue weighted by atomic mass is 10.2. The Hall–Kier alpha value is -2.56. The molecule has 0 radical (unpaired) electrons. The number of piperazine rings is 1. The van der Waals surface area contributed by atoms with E-state index in [0.717, 1.165) is 18.5 Å². The van der Waals surface area contributed by atoms with Crippen LogP contribution in [0.25, 0.3) is 5.78 Å². The van der Waals surface area contributed by atoms with Crippen LogP contribution in [0.5, 0.6) is 0 Å². The number of nitrogens with zero attached hydrogens (tertiary/aromatic N) is 5. The third-order valence-corrected chi connectivity index (χ3v) is 5.36. The quantitative estimate of drug-likeness (QED) is 0.702. The molecule has 0 bridgehead atoms. The largest absolute Gasteiger partial charge is 0.450 e. The van der Waals surface area contributed by atoms with E-state index in [4.69, 9.17) is 4.74 Å². The Labute approximate surface area is 166 Å². The van der Waals surface area contributed by atoms with Crippen molar-refractivity contribution in [3.05, 3.63) is 22.1 Å². The van der Waals surface area contributed by atoms with Gasteiger partial charge in [0.15, 0.2) is 5.16 Å². The number of rotatable bonds is 6. The molecule has 0 unspecified atom stereocenters. The van der Waals surface area contributed by atoms with Crippen molar-refractivity contribution < 1.29 is 14.3 Å². The van der Waals surface area contributed by atoms with Crippen molar-refractivity contribution in [2.24, 2.45) is 0 Å². The van der Waals surface area contributed by atoms with E-state index >= 15 is 0 Å². The molecule has 0 spiro atoms. The lowest BCUT2D eigenvalue weighted by Crippen LogP contribution is -2.51. The first-order valence-corrected chi connectivity index (χ1v) is 10.3. The molecule has 28 heavy (non-hydrogen) atoms. The molecule has 152 valence electrons. The fourth-order valence-electron chi connectivity index (χ4n) is 3.08. The van der Waals surface area contributed by atoms with Gasteiger partial charge < -0.3 is 14.5 Å². The first-order valence-electron chi connectivity index (χ1n) is 9.33. The van der Waals surface area contributed by atoms with E-state index in [9.17, 15) is 14.4 Å². The molecule has 1 saturated heterocycles. The number of amides is 2. The minimum atomic E-state index is -0.337. The number of aromatic amines is 1. The molecule has 0 aliphatic carbocycles. The maximum absolute atomic E-state index is 12.6. The van der Waals surface area contributed by atoms with Crippen LogP contribution >= 0.6 is 11.8 Å². The summed E-state index contributed by atoms with van der Waals surface area (Å²) in [6.07, 6.45) is 1.26. The molecule has 3 heterocycles. The Morgan fingerprint density at radius 1 is 1.18 bits per heavy atom. The van der Waals surface area contributed by atoms with Gasteiger partial charge in [0.2, 0.25) is 11.7 Å². The van der Waals surface area contributed by atoms with E-state index in [2.05, 4.69) is 15.2 Å². The topological polar surface area (TPSA) is 113 Å². The maximum atomic E-state index is 12.6. The molecule has 0 saturated carbocycles. The standard InChI is InChI=1S/C17H24N6O4S/c1-3-5-12-10-13(24)18-15-19-20-16(23(12)15)28-11-14(25)21-6-8-22(9-7-21)17(26)27-4-2/h10H,3-9,11H2,1-2H3,(H,18,19,24). The van der Waals surface area contributed by atoms with Crippen LogP contribution in [0, 0.1) is 0 Å². The number of nitrogens with one attached hydrogen (secondary N) is 1. The Kier molecular flexibility index (Phi) is 6.55. The molecule has 10 nitrogen and oxygen atoms in total. The van der Waals surface area contributed by atoms with Crippen LogP contribution in [-0.4, -0.2) is 79.9 Å². The van der Waals surface area contributed by atoms with Crippen LogP contribution in [0.2, 0.25) is 0 Å². The molecular formula is C17H24N6O4S. The first kappa shape index (κ1) is 20.2. The van der Waals surface area contributed by atoms with Crippen molar-refractivity contribution >= 4 is 29.5 Å². The third kappa shape index (κ3) is 4.46. The van der Waals surface area contributed by atoms with Gasteiger partial charge in [0.25, 0.3) is 5.56 Å². The number of hydrogen-bond acceptors (Lipinski definition) is 7. The van der Waals surface area contributed by atoms with Gasteiger partial charge in [-0.2, -0.15) is 0 Å². The normalized spacial score (nSPS) is 14.5. The van der Waals surface area contributed by atoms with E-state index in [1.165, 1.54) is 11.8 Å². The zero-order chi connectivity index (χ0) is 20.1. The minimum absolute atomic E-state index is 0.0216. The van der Waals surface area contributed by atoms with Crippen LogP contribution in [0.1, 0.15) is 26.0 Å². The third-order valence-electron chi connectivity index (χ3n) is 4.44. The molecule has 1 aliphatic heterocycles. The molecule has 3 rings (SSSR count). The lowest BCUT2D eigenvalue weighted by Gasteiger charge is -2.34. The van der Waals surface area contributed by atoms with Gasteiger partial charge in [-0.25, -0.2) is 4.79 Å². The predicted octanol–water partition coefficient (Wildman–Crippen LogP) is 0.763. The number of carbonyl (C=O) groups excluding carboxylic acids is 2. The van der Waals surface area contributed by atoms with Gasteiger partial charge >= 0.3 is 6.09 Å². The number of hydrogen-bond donors (Lipinski definition) is 1. The van der Waals surface area contributed by atoms with Gasteiger partial charge in [0, 0.05) is 37.9 Å². The summed E-state index contributed by atoms with van der Waals surface area (Å²) in [5, 5.41) is 8.71. The Balaban J connectivity index is 1.61. The highest BCUT2D eigenvalue weighted by atomic mass is 32.2. The monoisotopic (exact) mass is 408 g/mol. The predicted molar refractivity (Wildman–Crippen MR) is 104 cm³/mol. The van der Waals surface area contributed by atoms with Gasteiger partial charge in [-0.1, -0.05) is 25.1 Å². The van der Waals surface area contributed by atoms with E-state index in [1.807, 2.05) is 6.92 Å². The molecule has 0 aromatic carbocycles. The molecule has 2 aromatic heterocycles. The van der Waals surface area contributed by atoms with E-state index in [1.54, 1.807) is 27.2 Å². The summed E-state index contributed by atoms with van der Waals surface area (Å²) < 4.78 is 6.78. The molecule has 0 atom stereocenters. The van der Waals surface area contributed by atoms with Gasteiger partial charge in [0.1, 0.15) is 0 Å². The Bertz CT molecular complexity index is 903. The molecule has 1 aliphatic rings. The number of thioether (sulfide) groups is 1. The highest BCUT2D eigenvalue weighted by Crippen LogP contribution is 2.19. The summed E-state index contributed by atoms with van der Waals surface area (Å²) in [7, 11) is 0. The molecule has 1 N–H and O–H groups in total. The Morgan fingerprint density at radius 2 is 1.89 bits per heavy atom. The van der Waals surface area contributed by atoms with Gasteiger partial charge in [0.05, 0.1) is 12.4 Å². The van der Waals surface area contributed by atoms with Gasteiger partial charge in [-0.15, -0.1) is 10.2 Å². The minimum Gasteiger partial charge on any atom is -0.450 e. The zero-order valence-electron chi connectivity index (χ0n) is 16.0. The number of aromatic nitrogens is 4. The summed E-state index contributed by atoms with van der Waals surface area (Å²) in [5.41, 5.74) is 0.611. The summed E-state index contributed by atoms with van der Waals surface area (Å²) in [6.45, 7) is 6.02. The summed E-state index contributed by atoms with van der Waals surface area (Å²) >= 11 is 1.29. The number of fused-ring (bicyclic) bond motifs is 1. The van der Waals surface area contributed by atoms with E-state index in [-0.39, 0.29) is 23.3 Å². The maximum Gasteiger partial charge on any atom is 0.409 e. The fraction of sp³-hybridized carbons (Fsp3) is 0.588. The van der Waals surface area contributed by atoms with E-state index in [0.29, 0.717) is 43.7 Å². The number of aryl methyl sites for hydroxylation is 1. The molecule has 11 heteroatoms. The van der Waals surface area contributed by atoms with Crippen molar-refractivity contribution in [2.75, 3.05) is 38.5 Å². The van der Waals surface area contributed by atoms with Crippen LogP contribution in [0.4, 0.5) is 4.79 Å². The molecule has 2 aromatic rings. The van der Waals surface area contributed by atoms with Gasteiger partial charge in [-0.05, 0) is 13.3 Å². The van der Waals surface area contributed by atoms with E-state index < -0.39 is 0 Å². The van der Waals surface area contributed by atoms with Crippen molar-refractivity contribution in [1.82, 2.24) is 29.4 Å². The molecular weight excluding hydrogens is 384 g/mol. The molecule has 1 fully saturated rings. The second-order valence-electron chi connectivity index (χ2n) is 6.37. The Morgan fingerprint density at radius 3 is 2.57 bits per heavy atom. The fourth-order valence-corrected chi connectivity index (χ4v) is 3.94. The second-order valence-corrected chi connectivity index (χ2v) is 7.31. The number of ether oxygens (including phenoxy) is 1. The molecule has 2 amide bonds. The van der Waals surface area contributed by atoms with Gasteiger partial charge in [-0.3, -0.25) is 19.0 Å². The van der Waals surface area contributed by atoms with Crippen molar-refractivity contribution in [2.45, 2.75) is 31.8 Å². The summed E-state index contributed by atoms with van der Waals surface area (Å²) in [5.74, 6) is 0.575. The summed E-state index contributed by atoms with van der Waals surface area (Å²) in [4.78, 5) is 42.0. The van der Waals surface area contributed by atoms with Crippen molar-refractivity contribution in [3.8, 4) is 0 Å². The van der Waals surface area contributed by atoms with Crippen LogP contribution in [0.15, 0.2) is 16.0 Å². The van der Waals surface area contributed by atoms with Crippen molar-refractivity contribution in [3.63, 3.8) is 0 Å². The SMILES string of the molecule is CCCc1cc(=O)[nH]c2nnc(SCC(=O)N3CCN(C(=O)OCC)CC3)n12. The second kappa shape index (κ2) is 9.09.